The highest BCUT2D eigenvalue weighted by molar-refractivity contribution is 5.98. The quantitative estimate of drug-likeness (QED) is 0.829. The van der Waals surface area contributed by atoms with Gasteiger partial charge in [0, 0.05) is 5.69 Å². The molecule has 2 aromatic rings. The first-order valence-electron chi connectivity index (χ1n) is 6.23. The molecule has 0 radical (unpaired) electrons. The molecule has 0 aliphatic carbocycles. The van der Waals surface area contributed by atoms with Crippen LogP contribution >= 0.6 is 0 Å². The van der Waals surface area contributed by atoms with Gasteiger partial charge in [0.1, 0.15) is 5.56 Å². The van der Waals surface area contributed by atoms with Crippen molar-refractivity contribution in [1.29, 1.82) is 0 Å². The monoisotopic (exact) mass is 289 g/mol. The van der Waals surface area contributed by atoms with Gasteiger partial charge in [0.05, 0.1) is 5.69 Å². The maximum Gasteiger partial charge on any atom is 0.346 e. The van der Waals surface area contributed by atoms with E-state index < -0.39 is 18.5 Å². The number of nitrogen functional groups attached to an aromatic ring is 1. The number of hydrogen-bond donors (Lipinski definition) is 2. The van der Waals surface area contributed by atoms with Gasteiger partial charge in [-0.3, -0.25) is 4.79 Å². The number of nitrogens with two attached hydrogens (primary N) is 1. The van der Waals surface area contributed by atoms with Crippen molar-refractivity contribution in [3.05, 3.63) is 41.1 Å². The molecule has 0 aliphatic rings. The number of amides is 1. The smallest absolute Gasteiger partial charge is 0.346 e. The van der Waals surface area contributed by atoms with Crippen LogP contribution in [0.2, 0.25) is 0 Å². The molecule has 0 atom stereocenters. The van der Waals surface area contributed by atoms with Crippen molar-refractivity contribution < 1.29 is 18.8 Å². The molecular weight excluding hydrogens is 274 g/mol. The van der Waals surface area contributed by atoms with E-state index >= 15 is 0 Å². The van der Waals surface area contributed by atoms with Crippen molar-refractivity contribution in [3.63, 3.8) is 0 Å². The molecule has 1 heterocycles. The summed E-state index contributed by atoms with van der Waals surface area (Å²) in [5.74, 6) is -1.31. The molecule has 0 aliphatic heterocycles. The van der Waals surface area contributed by atoms with E-state index in [0.29, 0.717) is 11.4 Å². The molecule has 7 nitrogen and oxygen atoms in total. The molecule has 1 aromatic carbocycles. The minimum absolute atomic E-state index is 0.0405. The van der Waals surface area contributed by atoms with Crippen LogP contribution in [0.4, 0.5) is 11.6 Å². The van der Waals surface area contributed by atoms with E-state index in [1.807, 2.05) is 19.1 Å². The summed E-state index contributed by atoms with van der Waals surface area (Å²) < 4.78 is 9.55. The topological polar surface area (TPSA) is 107 Å². The number of nitrogens with one attached hydrogen (secondary N) is 1. The van der Waals surface area contributed by atoms with Gasteiger partial charge in [0.25, 0.3) is 5.91 Å². The molecule has 1 aromatic heterocycles. The summed E-state index contributed by atoms with van der Waals surface area (Å²) in [6.07, 6.45) is 0. The van der Waals surface area contributed by atoms with Gasteiger partial charge in [0.2, 0.25) is 5.88 Å². The Labute approximate surface area is 121 Å². The zero-order valence-corrected chi connectivity index (χ0v) is 11.7. The third-order valence-electron chi connectivity index (χ3n) is 2.85. The molecule has 0 unspecified atom stereocenters. The summed E-state index contributed by atoms with van der Waals surface area (Å²) in [6, 6.07) is 7.29. The molecular formula is C14H15N3O4. The van der Waals surface area contributed by atoms with Crippen molar-refractivity contribution in [1.82, 2.24) is 5.16 Å². The number of aryl methyl sites for hydroxylation is 2. The van der Waals surface area contributed by atoms with Crippen molar-refractivity contribution in [3.8, 4) is 0 Å². The summed E-state index contributed by atoms with van der Waals surface area (Å²) in [6.45, 7) is 3.00. The molecule has 7 heteroatoms. The Morgan fingerprint density at radius 2 is 2.05 bits per heavy atom. The number of benzene rings is 1. The molecule has 110 valence electrons. The van der Waals surface area contributed by atoms with Gasteiger partial charge in [-0.15, -0.1) is 0 Å². The Bertz CT molecular complexity index is 659. The van der Waals surface area contributed by atoms with E-state index in [1.54, 1.807) is 19.1 Å². The van der Waals surface area contributed by atoms with Gasteiger partial charge < -0.3 is 20.3 Å². The zero-order chi connectivity index (χ0) is 15.4. The lowest BCUT2D eigenvalue weighted by Crippen LogP contribution is -2.21. The Hall–Kier alpha value is -2.83. The number of para-hydroxylation sites is 1. The van der Waals surface area contributed by atoms with E-state index in [4.69, 9.17) is 10.5 Å². The summed E-state index contributed by atoms with van der Waals surface area (Å²) in [7, 11) is 0. The van der Waals surface area contributed by atoms with Crippen LogP contribution in [0.1, 0.15) is 21.6 Å². The molecule has 0 saturated heterocycles. The predicted molar refractivity (Wildman–Crippen MR) is 75.7 cm³/mol. The number of rotatable bonds is 4. The van der Waals surface area contributed by atoms with Gasteiger partial charge in [-0.2, -0.15) is 0 Å². The van der Waals surface area contributed by atoms with Crippen LogP contribution in [0.15, 0.2) is 28.8 Å². The second kappa shape index (κ2) is 6.08. The first-order valence-corrected chi connectivity index (χ1v) is 6.23. The maximum atomic E-state index is 11.8. The van der Waals surface area contributed by atoms with E-state index in [0.717, 1.165) is 5.56 Å². The Morgan fingerprint density at radius 1 is 1.33 bits per heavy atom. The van der Waals surface area contributed by atoms with Crippen LogP contribution in [0.3, 0.4) is 0 Å². The first kappa shape index (κ1) is 14.6. The van der Waals surface area contributed by atoms with Crippen LogP contribution < -0.4 is 11.1 Å². The lowest BCUT2D eigenvalue weighted by atomic mass is 10.2. The highest BCUT2D eigenvalue weighted by atomic mass is 16.5. The molecule has 0 fully saturated rings. The van der Waals surface area contributed by atoms with E-state index in [2.05, 4.69) is 15.0 Å². The third kappa shape index (κ3) is 3.38. The number of nitrogens with zero attached hydrogens (tertiary/aromatic N) is 1. The number of carbonyl (C=O) groups excluding carboxylic acids is 2. The number of anilines is 2. The number of ether oxygens (including phenoxy) is 1. The molecule has 2 rings (SSSR count). The van der Waals surface area contributed by atoms with E-state index in [1.165, 1.54) is 0 Å². The summed E-state index contributed by atoms with van der Waals surface area (Å²) in [5.41, 5.74) is 7.40. The van der Waals surface area contributed by atoms with Crippen molar-refractivity contribution >= 4 is 23.4 Å². The zero-order valence-electron chi connectivity index (χ0n) is 11.7. The highest BCUT2D eigenvalue weighted by Crippen LogP contribution is 2.17. The van der Waals surface area contributed by atoms with Crippen LogP contribution in [-0.4, -0.2) is 23.6 Å². The predicted octanol–water partition coefficient (Wildman–Crippen LogP) is 1.67. The first-order chi connectivity index (χ1) is 9.99. The summed E-state index contributed by atoms with van der Waals surface area (Å²) in [4.78, 5) is 23.5. The van der Waals surface area contributed by atoms with Gasteiger partial charge in [-0.1, -0.05) is 23.4 Å². The molecule has 0 spiro atoms. The number of hydrogen-bond acceptors (Lipinski definition) is 6. The van der Waals surface area contributed by atoms with Gasteiger partial charge in [-0.25, -0.2) is 4.79 Å². The van der Waals surface area contributed by atoms with Gasteiger partial charge >= 0.3 is 5.97 Å². The lowest BCUT2D eigenvalue weighted by molar-refractivity contribution is -0.119. The molecule has 0 bridgehead atoms. The highest BCUT2D eigenvalue weighted by Gasteiger charge is 2.20. The van der Waals surface area contributed by atoms with Crippen molar-refractivity contribution in [2.75, 3.05) is 17.7 Å². The molecule has 21 heavy (non-hydrogen) atoms. The minimum Gasteiger partial charge on any atom is -0.452 e. The van der Waals surface area contributed by atoms with Crippen LogP contribution in [-0.2, 0) is 9.53 Å². The largest absolute Gasteiger partial charge is 0.452 e. The number of aromatic nitrogens is 1. The van der Waals surface area contributed by atoms with Crippen molar-refractivity contribution in [2.24, 2.45) is 0 Å². The summed E-state index contributed by atoms with van der Waals surface area (Å²) >= 11 is 0. The lowest BCUT2D eigenvalue weighted by Gasteiger charge is -2.08. The summed E-state index contributed by atoms with van der Waals surface area (Å²) in [5, 5.41) is 6.20. The maximum absolute atomic E-state index is 11.8. The van der Waals surface area contributed by atoms with E-state index in [-0.39, 0.29) is 11.4 Å². The fraction of sp³-hybridized carbons (Fsp3) is 0.214. The minimum atomic E-state index is -0.744. The fourth-order valence-corrected chi connectivity index (χ4v) is 1.74. The Kier molecular flexibility index (Phi) is 4.22. The van der Waals surface area contributed by atoms with Crippen molar-refractivity contribution in [2.45, 2.75) is 13.8 Å². The molecule has 0 saturated carbocycles. The average Bonchev–Trinajstić information content (AvgIpc) is 2.78. The SMILES string of the molecule is Cc1ccccc1NC(=O)COC(=O)c1c(C)noc1N. The van der Waals surface area contributed by atoms with Crippen LogP contribution in [0, 0.1) is 13.8 Å². The van der Waals surface area contributed by atoms with Crippen LogP contribution in [0.25, 0.3) is 0 Å². The molecule has 1 amide bonds. The second-order valence-corrected chi connectivity index (χ2v) is 4.45. The van der Waals surface area contributed by atoms with Gasteiger partial charge in [-0.05, 0) is 25.5 Å². The Balaban J connectivity index is 1.93. The third-order valence-corrected chi connectivity index (χ3v) is 2.85. The number of carbonyl (C=O) groups is 2. The second-order valence-electron chi connectivity index (χ2n) is 4.45. The fourth-order valence-electron chi connectivity index (χ4n) is 1.74. The molecule has 3 N–H and O–H groups in total. The number of esters is 1. The Morgan fingerprint density at radius 3 is 2.67 bits per heavy atom. The van der Waals surface area contributed by atoms with Crippen LogP contribution in [0.5, 0.6) is 0 Å². The normalized spacial score (nSPS) is 10.2. The average molecular weight is 289 g/mol. The standard InChI is InChI=1S/C14H15N3O4/c1-8-5-3-4-6-10(8)16-11(18)7-20-14(19)12-9(2)17-21-13(12)15/h3-6H,7,15H2,1-2H3,(H,16,18). The van der Waals surface area contributed by atoms with Gasteiger partial charge in [0.15, 0.2) is 6.61 Å². The van der Waals surface area contributed by atoms with E-state index in [9.17, 15) is 9.59 Å².